The topological polar surface area (TPSA) is 103 Å². The standard InChI is InChI=1S/C19H22N4O4S/c1-4-26-18(25)11-27-16-7-5-15(6-8-16)10-20-23-17(24)12-28-19-21-13(2)9-14(3)22-19/h5-10H,4,11-12H2,1-3H3,(H,23,24)/b20-10-. The van der Waals surface area contributed by atoms with Crippen molar-refractivity contribution in [2.24, 2.45) is 5.10 Å². The first-order chi connectivity index (χ1) is 13.5. The van der Waals surface area contributed by atoms with Crippen LogP contribution >= 0.6 is 11.8 Å². The van der Waals surface area contributed by atoms with Crippen LogP contribution in [0.5, 0.6) is 5.75 Å². The average Bonchev–Trinajstić information content (AvgIpc) is 2.65. The third kappa shape index (κ3) is 7.75. The molecule has 0 fully saturated rings. The van der Waals surface area contributed by atoms with Crippen molar-refractivity contribution in [1.29, 1.82) is 0 Å². The van der Waals surface area contributed by atoms with Crippen LogP contribution in [0.2, 0.25) is 0 Å². The maximum Gasteiger partial charge on any atom is 0.344 e. The Morgan fingerprint density at radius 1 is 1.18 bits per heavy atom. The molecule has 1 aromatic carbocycles. The molecule has 1 N–H and O–H groups in total. The molecular weight excluding hydrogens is 380 g/mol. The molecule has 0 saturated heterocycles. The second kappa shape index (κ2) is 11.0. The van der Waals surface area contributed by atoms with Gasteiger partial charge in [0.2, 0.25) is 0 Å². The van der Waals surface area contributed by atoms with Crippen LogP contribution in [0.4, 0.5) is 0 Å². The van der Waals surface area contributed by atoms with Crippen LogP contribution in [-0.2, 0) is 14.3 Å². The van der Waals surface area contributed by atoms with Gasteiger partial charge < -0.3 is 9.47 Å². The number of carbonyl (C=O) groups is 2. The minimum Gasteiger partial charge on any atom is -0.482 e. The first-order valence-electron chi connectivity index (χ1n) is 8.61. The molecular formula is C19H22N4O4S. The average molecular weight is 402 g/mol. The minimum absolute atomic E-state index is 0.140. The van der Waals surface area contributed by atoms with E-state index < -0.39 is 5.97 Å². The Morgan fingerprint density at radius 3 is 2.50 bits per heavy atom. The molecule has 0 spiro atoms. The first-order valence-corrected chi connectivity index (χ1v) is 9.60. The van der Waals surface area contributed by atoms with E-state index in [0.29, 0.717) is 17.5 Å². The number of carbonyl (C=O) groups excluding carboxylic acids is 2. The highest BCUT2D eigenvalue weighted by atomic mass is 32.2. The van der Waals surface area contributed by atoms with Crippen LogP contribution < -0.4 is 10.2 Å². The molecule has 1 amide bonds. The van der Waals surface area contributed by atoms with E-state index in [1.807, 2.05) is 19.9 Å². The van der Waals surface area contributed by atoms with Crippen molar-refractivity contribution in [2.45, 2.75) is 25.9 Å². The lowest BCUT2D eigenvalue weighted by atomic mass is 10.2. The molecule has 0 atom stereocenters. The molecule has 0 aliphatic heterocycles. The van der Waals surface area contributed by atoms with Gasteiger partial charge in [0.05, 0.1) is 18.6 Å². The van der Waals surface area contributed by atoms with Crippen molar-refractivity contribution in [1.82, 2.24) is 15.4 Å². The summed E-state index contributed by atoms with van der Waals surface area (Å²) in [6.45, 7) is 5.69. The second-order valence-electron chi connectivity index (χ2n) is 5.68. The summed E-state index contributed by atoms with van der Waals surface area (Å²) in [4.78, 5) is 31.7. The number of benzene rings is 1. The lowest BCUT2D eigenvalue weighted by molar-refractivity contribution is -0.145. The van der Waals surface area contributed by atoms with Gasteiger partial charge in [-0.05, 0) is 56.7 Å². The Labute approximate surface area is 167 Å². The van der Waals surface area contributed by atoms with Crippen LogP contribution in [0.15, 0.2) is 40.6 Å². The number of thioether (sulfide) groups is 1. The maximum atomic E-state index is 11.9. The van der Waals surface area contributed by atoms with Gasteiger partial charge in [0, 0.05) is 11.4 Å². The Hall–Kier alpha value is -2.94. The van der Waals surface area contributed by atoms with Crippen LogP contribution in [0.1, 0.15) is 23.9 Å². The van der Waals surface area contributed by atoms with Crippen LogP contribution in [0.3, 0.4) is 0 Å². The Balaban J connectivity index is 1.75. The highest BCUT2D eigenvalue weighted by molar-refractivity contribution is 7.99. The third-order valence-corrected chi connectivity index (χ3v) is 4.09. The Bertz CT molecular complexity index is 820. The van der Waals surface area contributed by atoms with Gasteiger partial charge in [-0.1, -0.05) is 11.8 Å². The lowest BCUT2D eigenvalue weighted by Gasteiger charge is -2.05. The highest BCUT2D eigenvalue weighted by Gasteiger charge is 2.05. The summed E-state index contributed by atoms with van der Waals surface area (Å²) in [6, 6.07) is 8.80. The predicted molar refractivity (Wildman–Crippen MR) is 107 cm³/mol. The van der Waals surface area contributed by atoms with Crippen molar-refractivity contribution in [2.75, 3.05) is 19.0 Å². The fraction of sp³-hybridized carbons (Fsp3) is 0.316. The van der Waals surface area contributed by atoms with Gasteiger partial charge in [-0.3, -0.25) is 4.79 Å². The smallest absolute Gasteiger partial charge is 0.344 e. The van der Waals surface area contributed by atoms with Gasteiger partial charge in [0.1, 0.15) is 5.75 Å². The number of aryl methyl sites for hydroxylation is 2. The zero-order chi connectivity index (χ0) is 20.4. The Morgan fingerprint density at radius 2 is 1.86 bits per heavy atom. The summed E-state index contributed by atoms with van der Waals surface area (Å²) in [5.41, 5.74) is 4.96. The van der Waals surface area contributed by atoms with Gasteiger partial charge in [0.15, 0.2) is 11.8 Å². The van der Waals surface area contributed by atoms with Gasteiger partial charge in [-0.2, -0.15) is 5.10 Å². The van der Waals surface area contributed by atoms with Crippen LogP contribution in [0.25, 0.3) is 0 Å². The number of ether oxygens (including phenoxy) is 2. The minimum atomic E-state index is -0.417. The predicted octanol–water partition coefficient (Wildman–Crippen LogP) is 2.28. The quantitative estimate of drug-likeness (QED) is 0.226. The van der Waals surface area contributed by atoms with Gasteiger partial charge in [0.25, 0.3) is 5.91 Å². The highest BCUT2D eigenvalue weighted by Crippen LogP contribution is 2.13. The summed E-state index contributed by atoms with van der Waals surface area (Å²) in [6.07, 6.45) is 1.52. The SMILES string of the molecule is CCOC(=O)COc1ccc(/C=N\NC(=O)CSc2nc(C)cc(C)n2)cc1. The maximum absolute atomic E-state index is 11.9. The van der Waals surface area contributed by atoms with Crippen molar-refractivity contribution < 1.29 is 19.1 Å². The molecule has 0 radical (unpaired) electrons. The van der Waals surface area contributed by atoms with E-state index >= 15 is 0 Å². The monoisotopic (exact) mass is 402 g/mol. The van der Waals surface area contributed by atoms with E-state index in [9.17, 15) is 9.59 Å². The number of amides is 1. The number of nitrogens with zero attached hydrogens (tertiary/aromatic N) is 3. The number of hydrogen-bond donors (Lipinski definition) is 1. The van der Waals surface area contributed by atoms with E-state index in [2.05, 4.69) is 20.5 Å². The molecule has 148 valence electrons. The normalized spacial score (nSPS) is 10.7. The largest absolute Gasteiger partial charge is 0.482 e. The molecule has 0 aliphatic carbocycles. The summed E-state index contributed by atoms with van der Waals surface area (Å²) < 4.78 is 10.1. The molecule has 8 nitrogen and oxygen atoms in total. The number of aromatic nitrogens is 2. The van der Waals surface area contributed by atoms with E-state index in [1.165, 1.54) is 18.0 Å². The van der Waals surface area contributed by atoms with Crippen molar-refractivity contribution >= 4 is 29.9 Å². The van der Waals surface area contributed by atoms with Crippen molar-refractivity contribution in [3.63, 3.8) is 0 Å². The number of rotatable bonds is 9. The molecule has 0 saturated carbocycles. The number of hydrazone groups is 1. The number of esters is 1. The summed E-state index contributed by atoms with van der Waals surface area (Å²) >= 11 is 1.25. The molecule has 0 unspecified atom stereocenters. The van der Waals surface area contributed by atoms with E-state index in [0.717, 1.165) is 17.0 Å². The zero-order valence-electron chi connectivity index (χ0n) is 16.0. The fourth-order valence-corrected chi connectivity index (χ4v) is 2.84. The summed E-state index contributed by atoms with van der Waals surface area (Å²) in [5.74, 6) is 0.0402. The van der Waals surface area contributed by atoms with E-state index in [4.69, 9.17) is 9.47 Å². The van der Waals surface area contributed by atoms with Gasteiger partial charge in [-0.25, -0.2) is 20.2 Å². The first kappa shape index (κ1) is 21.4. The molecule has 0 bridgehead atoms. The fourth-order valence-electron chi connectivity index (χ4n) is 2.09. The van der Waals surface area contributed by atoms with Crippen LogP contribution in [-0.4, -0.2) is 47.0 Å². The van der Waals surface area contributed by atoms with Crippen LogP contribution in [0, 0.1) is 13.8 Å². The van der Waals surface area contributed by atoms with Gasteiger partial charge >= 0.3 is 5.97 Å². The molecule has 0 aliphatic rings. The van der Waals surface area contributed by atoms with E-state index in [1.54, 1.807) is 31.2 Å². The van der Waals surface area contributed by atoms with Crippen molar-refractivity contribution in [3.8, 4) is 5.75 Å². The second-order valence-corrected chi connectivity index (χ2v) is 6.62. The summed E-state index contributed by atoms with van der Waals surface area (Å²) in [5, 5.41) is 4.49. The molecule has 2 aromatic rings. The zero-order valence-corrected chi connectivity index (χ0v) is 16.8. The molecule has 1 heterocycles. The molecule has 1 aromatic heterocycles. The molecule has 2 rings (SSSR count). The number of nitrogens with one attached hydrogen (secondary N) is 1. The number of hydrogen-bond acceptors (Lipinski definition) is 8. The molecule has 9 heteroatoms. The summed E-state index contributed by atoms with van der Waals surface area (Å²) in [7, 11) is 0. The Kier molecular flexibility index (Phi) is 8.41. The van der Waals surface area contributed by atoms with E-state index in [-0.39, 0.29) is 18.3 Å². The molecule has 28 heavy (non-hydrogen) atoms. The lowest BCUT2D eigenvalue weighted by Crippen LogP contribution is -2.19. The van der Waals surface area contributed by atoms with Gasteiger partial charge in [-0.15, -0.1) is 0 Å². The third-order valence-electron chi connectivity index (χ3n) is 3.24. The van der Waals surface area contributed by atoms with Crippen molar-refractivity contribution in [3.05, 3.63) is 47.3 Å².